The first kappa shape index (κ1) is 27.6. The fourth-order valence-corrected chi connectivity index (χ4v) is 6.41. The number of rotatable bonds is 4. The highest BCUT2D eigenvalue weighted by Gasteiger charge is 2.12. The summed E-state index contributed by atoms with van der Waals surface area (Å²) >= 11 is 0. The summed E-state index contributed by atoms with van der Waals surface area (Å²) in [6.45, 7) is 0. The van der Waals surface area contributed by atoms with Gasteiger partial charge in [0.2, 0.25) is 0 Å². The Balaban J connectivity index is 1.14. The van der Waals surface area contributed by atoms with E-state index >= 15 is 0 Å². The summed E-state index contributed by atoms with van der Waals surface area (Å²) in [7, 11) is 0. The minimum atomic E-state index is 0.709. The molecule has 0 bridgehead atoms. The number of nitrogens with zero attached hydrogens (tertiary/aromatic N) is 4. The van der Waals surface area contributed by atoms with Crippen molar-refractivity contribution < 1.29 is 0 Å². The van der Waals surface area contributed by atoms with Crippen LogP contribution in [0.25, 0.3) is 88.6 Å². The molecule has 4 N–H and O–H groups in total. The van der Waals surface area contributed by atoms with Crippen LogP contribution in [0.5, 0.6) is 0 Å². The molecule has 4 aromatic heterocycles. The molecule has 0 amide bonds. The lowest BCUT2D eigenvalue weighted by molar-refractivity contribution is 1.35. The van der Waals surface area contributed by atoms with Crippen LogP contribution >= 0.6 is 0 Å². The van der Waals surface area contributed by atoms with Gasteiger partial charge in [0.25, 0.3) is 0 Å². The van der Waals surface area contributed by atoms with E-state index in [0.717, 1.165) is 88.6 Å². The van der Waals surface area contributed by atoms with Crippen molar-refractivity contribution in [1.29, 1.82) is 0 Å². The first-order valence-electron chi connectivity index (χ1n) is 15.8. The average Bonchev–Trinajstić information content (AvgIpc) is 3.14. The summed E-state index contributed by atoms with van der Waals surface area (Å²) in [6, 6.07) is 49.0. The highest BCUT2D eigenvalue weighted by molar-refractivity contribution is 6.05. The third-order valence-electron chi connectivity index (χ3n) is 8.86. The number of nitrogens with two attached hydrogens (primary N) is 2. The molecule has 48 heavy (non-hydrogen) atoms. The number of hydrogen-bond donors (Lipinski definition) is 2. The molecule has 4 heterocycles. The molecule has 0 fully saturated rings. The molecule has 0 saturated carbocycles. The standard InChI is InChI=1S/C42H28N6/c43-33-8-2-6-31(23-33)37-20-16-27-12-10-25-14-18-35(45-39(25)41(27)47-37)29-4-1-5-30(22-29)36-19-15-26-11-13-28-17-21-38(48-42(28)40(26)46-36)32-7-3-9-34(44)24-32/h1-24H,43-44H2. The third kappa shape index (κ3) is 4.84. The van der Waals surface area contributed by atoms with Gasteiger partial charge < -0.3 is 11.5 Å². The molecule has 0 aliphatic rings. The first-order chi connectivity index (χ1) is 23.6. The average molecular weight is 617 g/mol. The summed E-state index contributed by atoms with van der Waals surface area (Å²) in [4.78, 5) is 20.5. The molecular formula is C42H28N6. The van der Waals surface area contributed by atoms with E-state index in [-0.39, 0.29) is 0 Å². The Morgan fingerprint density at radius 1 is 0.292 bits per heavy atom. The molecule has 0 spiro atoms. The summed E-state index contributed by atoms with van der Waals surface area (Å²) < 4.78 is 0. The predicted molar refractivity (Wildman–Crippen MR) is 198 cm³/mol. The maximum absolute atomic E-state index is 6.07. The van der Waals surface area contributed by atoms with Crippen LogP contribution in [0.2, 0.25) is 0 Å². The minimum Gasteiger partial charge on any atom is -0.399 e. The molecule has 6 heteroatoms. The van der Waals surface area contributed by atoms with Crippen LogP contribution in [0.4, 0.5) is 11.4 Å². The van der Waals surface area contributed by atoms with Gasteiger partial charge in [-0.3, -0.25) is 0 Å². The van der Waals surface area contributed by atoms with E-state index in [1.54, 1.807) is 0 Å². The van der Waals surface area contributed by atoms with Crippen molar-refractivity contribution in [3.05, 3.63) is 146 Å². The van der Waals surface area contributed by atoms with Crippen LogP contribution in [-0.2, 0) is 0 Å². The normalized spacial score (nSPS) is 11.5. The Kier molecular flexibility index (Phi) is 6.33. The molecule has 0 saturated heterocycles. The van der Waals surface area contributed by atoms with Gasteiger partial charge in [0.15, 0.2) is 0 Å². The number of hydrogen-bond acceptors (Lipinski definition) is 6. The van der Waals surface area contributed by atoms with Gasteiger partial charge in [-0.05, 0) is 54.6 Å². The second-order valence-corrected chi connectivity index (χ2v) is 12.0. The highest BCUT2D eigenvalue weighted by Crippen LogP contribution is 2.32. The molecule has 0 atom stereocenters. The van der Waals surface area contributed by atoms with E-state index in [9.17, 15) is 0 Å². The molecule has 0 unspecified atom stereocenters. The number of nitrogen functional groups attached to an aromatic ring is 2. The van der Waals surface area contributed by atoms with Crippen molar-refractivity contribution in [2.24, 2.45) is 0 Å². The van der Waals surface area contributed by atoms with Gasteiger partial charge in [0, 0.05) is 55.2 Å². The van der Waals surface area contributed by atoms with E-state index < -0.39 is 0 Å². The molecule has 6 nitrogen and oxygen atoms in total. The Morgan fingerprint density at radius 3 is 0.875 bits per heavy atom. The fraction of sp³-hybridized carbons (Fsp3) is 0. The fourth-order valence-electron chi connectivity index (χ4n) is 6.41. The van der Waals surface area contributed by atoms with Gasteiger partial charge >= 0.3 is 0 Å². The number of aromatic nitrogens is 4. The summed E-state index contributed by atoms with van der Waals surface area (Å²) in [6.07, 6.45) is 0. The Morgan fingerprint density at radius 2 is 0.562 bits per heavy atom. The van der Waals surface area contributed by atoms with Crippen LogP contribution in [0, 0.1) is 0 Å². The van der Waals surface area contributed by atoms with E-state index in [1.165, 1.54) is 0 Å². The van der Waals surface area contributed by atoms with Gasteiger partial charge in [-0.2, -0.15) is 0 Å². The maximum Gasteiger partial charge on any atom is 0.0972 e. The molecule has 0 aliphatic carbocycles. The van der Waals surface area contributed by atoms with Gasteiger partial charge in [-0.25, -0.2) is 19.9 Å². The molecule has 226 valence electrons. The molecular weight excluding hydrogens is 589 g/mol. The van der Waals surface area contributed by atoms with Gasteiger partial charge in [0.05, 0.1) is 44.8 Å². The lowest BCUT2D eigenvalue weighted by atomic mass is 10.0. The summed E-state index contributed by atoms with van der Waals surface area (Å²) in [5, 5.41) is 4.14. The summed E-state index contributed by atoms with van der Waals surface area (Å²) in [5.74, 6) is 0. The van der Waals surface area contributed by atoms with Gasteiger partial charge in [0.1, 0.15) is 0 Å². The molecule has 9 aromatic rings. The van der Waals surface area contributed by atoms with Crippen molar-refractivity contribution in [3.63, 3.8) is 0 Å². The van der Waals surface area contributed by atoms with Crippen molar-refractivity contribution in [1.82, 2.24) is 19.9 Å². The van der Waals surface area contributed by atoms with Crippen molar-refractivity contribution in [2.45, 2.75) is 0 Å². The van der Waals surface area contributed by atoms with Crippen LogP contribution in [0.3, 0.4) is 0 Å². The van der Waals surface area contributed by atoms with Crippen LogP contribution in [-0.4, -0.2) is 19.9 Å². The lowest BCUT2D eigenvalue weighted by Gasteiger charge is -2.10. The minimum absolute atomic E-state index is 0.709. The number of anilines is 2. The van der Waals surface area contributed by atoms with Crippen LogP contribution in [0.1, 0.15) is 0 Å². The zero-order valence-corrected chi connectivity index (χ0v) is 25.8. The van der Waals surface area contributed by atoms with E-state index in [2.05, 4.69) is 84.9 Å². The Hall–Kier alpha value is -6.66. The van der Waals surface area contributed by atoms with Crippen LogP contribution in [0.15, 0.2) is 146 Å². The smallest absolute Gasteiger partial charge is 0.0972 e. The van der Waals surface area contributed by atoms with E-state index in [1.807, 2.05) is 60.7 Å². The monoisotopic (exact) mass is 616 g/mol. The van der Waals surface area contributed by atoms with Crippen molar-refractivity contribution >= 4 is 55.0 Å². The van der Waals surface area contributed by atoms with Crippen LogP contribution < -0.4 is 11.5 Å². The second-order valence-electron chi connectivity index (χ2n) is 12.0. The SMILES string of the molecule is Nc1cccc(-c2ccc3ccc4ccc(-c5cccc(-c6ccc7ccc8ccc(-c9cccc(N)c9)nc8c7n6)c5)nc4c3n2)c1. The highest BCUT2D eigenvalue weighted by atomic mass is 14.8. The lowest BCUT2D eigenvalue weighted by Crippen LogP contribution is -1.93. The molecule has 5 aromatic carbocycles. The Labute approximate surface area is 276 Å². The van der Waals surface area contributed by atoms with E-state index in [4.69, 9.17) is 31.4 Å². The topological polar surface area (TPSA) is 104 Å². The first-order valence-corrected chi connectivity index (χ1v) is 15.8. The maximum atomic E-state index is 6.07. The van der Waals surface area contributed by atoms with E-state index in [0.29, 0.717) is 11.4 Å². The quantitative estimate of drug-likeness (QED) is 0.151. The second kappa shape index (κ2) is 11.0. The predicted octanol–water partition coefficient (Wildman–Crippen LogP) is 9.71. The third-order valence-corrected chi connectivity index (χ3v) is 8.86. The van der Waals surface area contributed by atoms with Crippen molar-refractivity contribution in [2.75, 3.05) is 11.5 Å². The molecule has 9 rings (SSSR count). The zero-order chi connectivity index (χ0) is 32.2. The summed E-state index contributed by atoms with van der Waals surface area (Å²) in [5.41, 5.74) is 24.4. The van der Waals surface area contributed by atoms with Crippen molar-refractivity contribution in [3.8, 4) is 45.0 Å². The molecule has 0 aliphatic heterocycles. The van der Waals surface area contributed by atoms with Gasteiger partial charge in [-0.15, -0.1) is 0 Å². The zero-order valence-electron chi connectivity index (χ0n) is 25.8. The molecule has 0 radical (unpaired) electrons. The number of fused-ring (bicyclic) bond motifs is 6. The number of pyridine rings is 4. The van der Waals surface area contributed by atoms with Gasteiger partial charge in [-0.1, -0.05) is 91.0 Å². The number of benzene rings is 5. The Bertz CT molecular complexity index is 2530. The largest absolute Gasteiger partial charge is 0.399 e.